The van der Waals surface area contributed by atoms with Gasteiger partial charge in [0.05, 0.1) is 5.56 Å². The number of hydrogen-bond donors (Lipinski definition) is 2. The van der Waals surface area contributed by atoms with Gasteiger partial charge in [-0.05, 0) is 52.6 Å². The maximum absolute atomic E-state index is 13.5. The Bertz CT molecular complexity index is 883. The Morgan fingerprint density at radius 1 is 0.840 bits per heavy atom. The zero-order valence-corrected chi connectivity index (χ0v) is 13.2. The van der Waals surface area contributed by atoms with E-state index in [0.29, 0.717) is 28.1 Å². The van der Waals surface area contributed by atoms with E-state index in [9.17, 15) is 13.2 Å². The lowest BCUT2D eigenvalue weighted by Crippen LogP contribution is -2.37. The molecule has 126 valence electrons. The molecule has 3 rings (SSSR count). The van der Waals surface area contributed by atoms with Crippen LogP contribution in [0.15, 0.2) is 78.4 Å². The molecule has 2 nitrogen and oxygen atoms in total. The molecule has 0 heterocycles. The molecule has 0 aliphatic heterocycles. The van der Waals surface area contributed by atoms with Crippen LogP contribution < -0.4 is 11.1 Å². The van der Waals surface area contributed by atoms with Crippen molar-refractivity contribution in [3.05, 3.63) is 95.1 Å². The van der Waals surface area contributed by atoms with Crippen molar-refractivity contribution in [2.24, 2.45) is 0 Å². The molecule has 2 aromatic rings. The van der Waals surface area contributed by atoms with E-state index in [1.54, 1.807) is 54.6 Å². The molecule has 25 heavy (non-hydrogen) atoms. The van der Waals surface area contributed by atoms with Crippen LogP contribution in [0.4, 0.5) is 18.9 Å². The summed E-state index contributed by atoms with van der Waals surface area (Å²) in [5, 5.41) is 5.72. The van der Waals surface area contributed by atoms with Crippen molar-refractivity contribution in [2.45, 2.75) is 6.18 Å². The van der Waals surface area contributed by atoms with E-state index in [4.69, 9.17) is 11.1 Å². The number of hydrogen-bond acceptors (Lipinski definition) is 1. The van der Waals surface area contributed by atoms with Gasteiger partial charge in [-0.25, -0.2) is 0 Å². The highest BCUT2D eigenvalue weighted by molar-refractivity contribution is 6.03. The van der Waals surface area contributed by atoms with E-state index in [-0.39, 0.29) is 5.56 Å². The van der Waals surface area contributed by atoms with Crippen LogP contribution in [-0.4, -0.2) is 5.71 Å². The number of rotatable bonds is 2. The molecule has 0 spiro atoms. The van der Waals surface area contributed by atoms with Gasteiger partial charge in [-0.1, -0.05) is 30.3 Å². The number of allylic oxidation sites excluding steroid dienone is 5. The van der Waals surface area contributed by atoms with E-state index >= 15 is 0 Å². The van der Waals surface area contributed by atoms with Gasteiger partial charge < -0.3 is 5.73 Å². The standard InChI is InChI=1S/C20H15F3N2/c21-20(22,23)18-4-2-1-3-17(18)19(13-5-9-15(24)10-6-13)14-7-11-16(25)12-8-14/h1-12,24H,25H2/p+1. The summed E-state index contributed by atoms with van der Waals surface area (Å²) in [7, 11) is 0. The molecular weight excluding hydrogens is 325 g/mol. The van der Waals surface area contributed by atoms with Gasteiger partial charge in [-0.15, -0.1) is 0 Å². The fraction of sp³-hybridized carbons (Fsp3) is 0.0500. The predicted octanol–water partition coefficient (Wildman–Crippen LogP) is 3.42. The zero-order chi connectivity index (χ0) is 18.0. The first-order valence-electron chi connectivity index (χ1n) is 7.61. The van der Waals surface area contributed by atoms with Crippen molar-refractivity contribution in [3.63, 3.8) is 0 Å². The van der Waals surface area contributed by atoms with Crippen molar-refractivity contribution in [1.82, 2.24) is 0 Å². The first-order valence-corrected chi connectivity index (χ1v) is 7.61. The first kappa shape index (κ1) is 16.8. The summed E-state index contributed by atoms with van der Waals surface area (Å²) in [6.07, 6.45) is 2.32. The normalized spacial score (nSPS) is 14.0. The maximum atomic E-state index is 13.5. The summed E-state index contributed by atoms with van der Waals surface area (Å²) in [6.45, 7) is 0. The van der Waals surface area contributed by atoms with E-state index in [1.165, 1.54) is 12.1 Å². The lowest BCUT2D eigenvalue weighted by atomic mass is 9.88. The van der Waals surface area contributed by atoms with Crippen molar-refractivity contribution in [2.75, 3.05) is 5.73 Å². The molecule has 0 saturated heterocycles. The molecule has 0 atom stereocenters. The monoisotopic (exact) mass is 341 g/mol. The number of anilines is 1. The minimum Gasteiger partial charge on any atom is -0.399 e. The van der Waals surface area contributed by atoms with Crippen LogP contribution in [0.25, 0.3) is 5.57 Å². The fourth-order valence-electron chi connectivity index (χ4n) is 2.73. The Kier molecular flexibility index (Phi) is 4.31. The maximum Gasteiger partial charge on any atom is 0.417 e. The number of benzene rings is 2. The number of alkyl halides is 3. The molecule has 2 aromatic carbocycles. The lowest BCUT2D eigenvalue weighted by molar-refractivity contribution is -0.137. The summed E-state index contributed by atoms with van der Waals surface area (Å²) in [4.78, 5) is 0. The highest BCUT2D eigenvalue weighted by Crippen LogP contribution is 2.39. The Balaban J connectivity index is 2.29. The summed E-state index contributed by atoms with van der Waals surface area (Å²) >= 11 is 0. The number of halogens is 3. The van der Waals surface area contributed by atoms with Crippen molar-refractivity contribution in [1.29, 1.82) is 0 Å². The van der Waals surface area contributed by atoms with Gasteiger partial charge >= 0.3 is 6.18 Å². The largest absolute Gasteiger partial charge is 0.417 e. The van der Waals surface area contributed by atoms with E-state index in [1.807, 2.05) is 0 Å². The molecule has 0 radical (unpaired) electrons. The second-order valence-electron chi connectivity index (χ2n) is 5.66. The van der Waals surface area contributed by atoms with Gasteiger partial charge in [0.15, 0.2) is 5.71 Å². The molecule has 1 aliphatic carbocycles. The summed E-state index contributed by atoms with van der Waals surface area (Å²) < 4.78 is 40.5. The lowest BCUT2D eigenvalue weighted by Gasteiger charge is -2.18. The van der Waals surface area contributed by atoms with Crippen molar-refractivity contribution in [3.8, 4) is 0 Å². The predicted molar refractivity (Wildman–Crippen MR) is 93.5 cm³/mol. The summed E-state index contributed by atoms with van der Waals surface area (Å²) in [5.74, 6) is 0. The molecule has 0 bridgehead atoms. The number of nitrogens with two attached hydrogens (primary N) is 2. The fourth-order valence-corrected chi connectivity index (χ4v) is 2.73. The molecule has 4 N–H and O–H groups in total. The molecule has 5 heteroatoms. The Hall–Kier alpha value is -3.08. The van der Waals surface area contributed by atoms with E-state index < -0.39 is 11.7 Å². The van der Waals surface area contributed by atoms with Crippen LogP contribution in [0.3, 0.4) is 0 Å². The zero-order valence-electron chi connectivity index (χ0n) is 13.2. The second kappa shape index (κ2) is 6.43. The minimum absolute atomic E-state index is 0.115. The average molecular weight is 341 g/mol. The third kappa shape index (κ3) is 3.55. The first-order chi connectivity index (χ1) is 11.9. The highest BCUT2D eigenvalue weighted by Gasteiger charge is 2.34. The van der Waals surface area contributed by atoms with Crippen molar-refractivity contribution >= 4 is 17.0 Å². The van der Waals surface area contributed by atoms with Crippen LogP contribution in [0.5, 0.6) is 0 Å². The molecule has 0 amide bonds. The van der Waals surface area contributed by atoms with Crippen LogP contribution in [0, 0.1) is 0 Å². The van der Waals surface area contributed by atoms with Gasteiger partial charge in [-0.3, -0.25) is 5.41 Å². The summed E-state index contributed by atoms with van der Waals surface area (Å²) in [5.41, 5.74) is 8.02. The van der Waals surface area contributed by atoms with Gasteiger partial charge in [0.25, 0.3) is 0 Å². The Labute approximate surface area is 143 Å². The smallest absolute Gasteiger partial charge is 0.399 e. The molecule has 0 aromatic heterocycles. The van der Waals surface area contributed by atoms with Crippen LogP contribution >= 0.6 is 0 Å². The van der Waals surface area contributed by atoms with E-state index in [0.717, 1.165) is 6.07 Å². The number of nitrogen functional groups attached to an aromatic ring is 1. The minimum atomic E-state index is -4.45. The van der Waals surface area contributed by atoms with Gasteiger partial charge in [0.1, 0.15) is 0 Å². The van der Waals surface area contributed by atoms with Crippen molar-refractivity contribution < 1.29 is 18.6 Å². The van der Waals surface area contributed by atoms with Crippen LogP contribution in [-0.2, 0) is 6.18 Å². The molecule has 0 fully saturated rings. The topological polar surface area (TPSA) is 51.6 Å². The van der Waals surface area contributed by atoms with E-state index in [2.05, 4.69) is 0 Å². The quantitative estimate of drug-likeness (QED) is 0.808. The molecule has 0 unspecified atom stereocenters. The highest BCUT2D eigenvalue weighted by atomic mass is 19.4. The average Bonchev–Trinajstić information content (AvgIpc) is 2.58. The SMILES string of the molecule is Nc1ccc(C(=C2C=CC(=[NH2+])C=C2)c2ccccc2C(F)(F)F)cc1. The van der Waals surface area contributed by atoms with Gasteiger partial charge in [-0.2, -0.15) is 13.2 Å². The molecule has 0 saturated carbocycles. The second-order valence-corrected chi connectivity index (χ2v) is 5.66. The third-order valence-electron chi connectivity index (χ3n) is 3.90. The molecular formula is C20H16F3N2+. The Morgan fingerprint density at radius 2 is 1.44 bits per heavy atom. The van der Waals surface area contributed by atoms with Crippen LogP contribution in [0.2, 0.25) is 0 Å². The molecule has 1 aliphatic rings. The van der Waals surface area contributed by atoms with Gasteiger partial charge in [0, 0.05) is 17.8 Å². The summed E-state index contributed by atoms with van der Waals surface area (Å²) in [6, 6.07) is 12.3. The van der Waals surface area contributed by atoms with Gasteiger partial charge in [0.2, 0.25) is 0 Å². The third-order valence-corrected chi connectivity index (χ3v) is 3.90. The Morgan fingerprint density at radius 3 is 2.04 bits per heavy atom. The van der Waals surface area contributed by atoms with Crippen LogP contribution in [0.1, 0.15) is 16.7 Å².